The minimum atomic E-state index is -0.404. The van der Waals surface area contributed by atoms with Crippen LogP contribution in [0.5, 0.6) is 0 Å². The van der Waals surface area contributed by atoms with Crippen molar-refractivity contribution in [3.05, 3.63) is 46.2 Å². The van der Waals surface area contributed by atoms with Crippen LogP contribution in [0.2, 0.25) is 0 Å². The van der Waals surface area contributed by atoms with Crippen molar-refractivity contribution in [2.75, 3.05) is 13.1 Å². The Morgan fingerprint density at radius 1 is 1.04 bits per heavy atom. The second-order valence-electron chi connectivity index (χ2n) is 7.25. The number of carbonyl (C=O) groups excluding carboxylic acids is 2. The Morgan fingerprint density at radius 2 is 1.72 bits per heavy atom. The van der Waals surface area contributed by atoms with Gasteiger partial charge < -0.3 is 10.6 Å². The maximum atomic E-state index is 12.8. The highest BCUT2D eigenvalue weighted by Crippen LogP contribution is 2.35. The van der Waals surface area contributed by atoms with Crippen molar-refractivity contribution in [3.8, 4) is 11.1 Å². The minimum absolute atomic E-state index is 0.145. The summed E-state index contributed by atoms with van der Waals surface area (Å²) in [6, 6.07) is 9.48. The molecule has 2 amide bonds. The lowest BCUT2D eigenvalue weighted by atomic mass is 9.78. The number of likely N-dealkylation sites (tertiary alicyclic amines) is 1. The fraction of sp³-hybridized carbons (Fsp3) is 0.400. The van der Waals surface area contributed by atoms with Gasteiger partial charge in [0, 0.05) is 18.7 Å². The predicted octanol–water partition coefficient (Wildman–Crippen LogP) is 3.78. The lowest BCUT2D eigenvalue weighted by molar-refractivity contribution is 0.0504. The maximum Gasteiger partial charge on any atom is 0.258 e. The number of rotatable bonds is 3. The molecule has 1 aromatic heterocycles. The summed E-state index contributed by atoms with van der Waals surface area (Å²) in [5.74, 6) is 1.12. The first-order valence-electron chi connectivity index (χ1n) is 8.88. The van der Waals surface area contributed by atoms with Crippen molar-refractivity contribution in [2.24, 2.45) is 17.6 Å². The maximum absolute atomic E-state index is 12.8. The van der Waals surface area contributed by atoms with Crippen LogP contribution in [0.1, 0.15) is 45.7 Å². The third-order valence-corrected chi connectivity index (χ3v) is 6.39. The second-order valence-corrected chi connectivity index (χ2v) is 8.16. The first-order valence-corrected chi connectivity index (χ1v) is 9.76. The van der Waals surface area contributed by atoms with Crippen molar-refractivity contribution in [2.45, 2.75) is 25.7 Å². The molecule has 2 aliphatic rings. The van der Waals surface area contributed by atoms with Gasteiger partial charge in [-0.1, -0.05) is 18.6 Å². The van der Waals surface area contributed by atoms with E-state index in [0.29, 0.717) is 16.7 Å². The van der Waals surface area contributed by atoms with E-state index in [1.807, 2.05) is 34.5 Å². The van der Waals surface area contributed by atoms with Crippen LogP contribution in [0.15, 0.2) is 35.7 Å². The molecule has 4 rings (SSSR count). The van der Waals surface area contributed by atoms with Crippen LogP contribution in [-0.2, 0) is 0 Å². The number of hydrogen-bond donors (Lipinski definition) is 1. The number of primary amides is 1. The van der Waals surface area contributed by atoms with Crippen LogP contribution in [0, 0.1) is 11.8 Å². The Hall–Kier alpha value is -2.14. The molecule has 130 valence electrons. The zero-order chi connectivity index (χ0) is 17.4. The number of fused-ring (bicyclic) bond motifs is 2. The number of thiophene rings is 1. The van der Waals surface area contributed by atoms with E-state index in [0.717, 1.165) is 29.8 Å². The van der Waals surface area contributed by atoms with Crippen LogP contribution in [0.3, 0.4) is 0 Å². The van der Waals surface area contributed by atoms with Gasteiger partial charge >= 0.3 is 0 Å². The molecule has 2 bridgehead atoms. The van der Waals surface area contributed by atoms with Gasteiger partial charge in [-0.3, -0.25) is 9.59 Å². The Bertz CT molecular complexity index is 784. The molecule has 2 unspecified atom stereocenters. The van der Waals surface area contributed by atoms with E-state index >= 15 is 0 Å². The molecule has 5 heteroatoms. The number of nitrogens with two attached hydrogens (primary N) is 1. The molecule has 2 heterocycles. The Balaban J connectivity index is 1.49. The van der Waals surface area contributed by atoms with Gasteiger partial charge in [0.1, 0.15) is 0 Å². The summed E-state index contributed by atoms with van der Waals surface area (Å²) in [6.45, 7) is 1.81. The van der Waals surface area contributed by atoms with E-state index in [2.05, 4.69) is 0 Å². The molecular weight excluding hydrogens is 332 g/mol. The summed E-state index contributed by atoms with van der Waals surface area (Å²) in [6.07, 6.45) is 5.14. The minimum Gasteiger partial charge on any atom is -0.365 e. The first-order chi connectivity index (χ1) is 12.1. The van der Waals surface area contributed by atoms with E-state index in [-0.39, 0.29) is 5.91 Å². The highest BCUT2D eigenvalue weighted by atomic mass is 32.1. The lowest BCUT2D eigenvalue weighted by Crippen LogP contribution is -2.45. The van der Waals surface area contributed by atoms with Crippen LogP contribution >= 0.6 is 11.3 Å². The Morgan fingerprint density at radius 3 is 2.32 bits per heavy atom. The number of amides is 2. The molecule has 1 aromatic carbocycles. The number of nitrogens with zero attached hydrogens (tertiary/aromatic N) is 1. The fourth-order valence-corrected chi connectivity index (χ4v) is 4.97. The van der Waals surface area contributed by atoms with Gasteiger partial charge in [0.2, 0.25) is 0 Å². The summed E-state index contributed by atoms with van der Waals surface area (Å²) in [7, 11) is 0. The summed E-state index contributed by atoms with van der Waals surface area (Å²) in [5.41, 5.74) is 8.02. The quantitative estimate of drug-likeness (QED) is 0.912. The van der Waals surface area contributed by atoms with E-state index in [9.17, 15) is 9.59 Å². The predicted molar refractivity (Wildman–Crippen MR) is 99.6 cm³/mol. The Labute approximate surface area is 151 Å². The summed E-state index contributed by atoms with van der Waals surface area (Å²) >= 11 is 1.35. The summed E-state index contributed by atoms with van der Waals surface area (Å²) in [4.78, 5) is 26.7. The van der Waals surface area contributed by atoms with E-state index < -0.39 is 5.91 Å². The van der Waals surface area contributed by atoms with Gasteiger partial charge in [0.05, 0.1) is 4.88 Å². The number of hydrogen-bond acceptors (Lipinski definition) is 3. The van der Waals surface area contributed by atoms with Crippen molar-refractivity contribution < 1.29 is 9.59 Å². The molecule has 2 fully saturated rings. The van der Waals surface area contributed by atoms with Gasteiger partial charge in [0.15, 0.2) is 0 Å². The third-order valence-electron chi connectivity index (χ3n) is 5.44. The SMILES string of the molecule is NC(=O)c1cc(-c2ccc(C(=O)N3CC4CCCC(C4)C3)cc2)cs1. The molecule has 25 heavy (non-hydrogen) atoms. The van der Waals surface area contributed by atoms with Gasteiger partial charge in [-0.05, 0) is 65.8 Å². The summed E-state index contributed by atoms with van der Waals surface area (Å²) < 4.78 is 0. The van der Waals surface area contributed by atoms with Gasteiger partial charge in [-0.15, -0.1) is 11.3 Å². The van der Waals surface area contributed by atoms with Gasteiger partial charge in [-0.25, -0.2) is 0 Å². The standard InChI is InChI=1S/C20H22N2O2S/c21-19(23)18-9-17(12-25-18)15-4-6-16(7-5-15)20(24)22-10-13-2-1-3-14(8-13)11-22/h4-7,9,12-14H,1-3,8,10-11H2,(H2,21,23). The lowest BCUT2D eigenvalue weighted by Gasteiger charge is -2.41. The van der Waals surface area contributed by atoms with Crippen LogP contribution in [-0.4, -0.2) is 29.8 Å². The van der Waals surface area contributed by atoms with Crippen LogP contribution in [0.25, 0.3) is 11.1 Å². The molecule has 1 aliphatic carbocycles. The first kappa shape index (κ1) is 16.3. The molecule has 2 atom stereocenters. The average molecular weight is 354 g/mol. The topological polar surface area (TPSA) is 63.4 Å². The molecule has 2 N–H and O–H groups in total. The molecule has 0 spiro atoms. The van der Waals surface area contributed by atoms with Crippen LogP contribution < -0.4 is 5.73 Å². The van der Waals surface area contributed by atoms with Crippen molar-refractivity contribution in [1.82, 2.24) is 4.90 Å². The Kier molecular flexibility index (Phi) is 4.34. The van der Waals surface area contributed by atoms with Crippen molar-refractivity contribution in [3.63, 3.8) is 0 Å². The highest BCUT2D eigenvalue weighted by Gasteiger charge is 2.32. The molecule has 1 saturated heterocycles. The largest absolute Gasteiger partial charge is 0.365 e. The fourth-order valence-electron chi connectivity index (χ4n) is 4.20. The molecule has 0 radical (unpaired) electrons. The molecule has 1 aliphatic heterocycles. The number of benzene rings is 1. The molecule has 4 nitrogen and oxygen atoms in total. The zero-order valence-corrected chi connectivity index (χ0v) is 14.9. The van der Waals surface area contributed by atoms with Crippen molar-refractivity contribution in [1.29, 1.82) is 0 Å². The monoisotopic (exact) mass is 354 g/mol. The molecule has 1 saturated carbocycles. The van der Waals surface area contributed by atoms with Crippen LogP contribution in [0.4, 0.5) is 0 Å². The van der Waals surface area contributed by atoms with Crippen molar-refractivity contribution >= 4 is 23.2 Å². The zero-order valence-electron chi connectivity index (χ0n) is 14.1. The number of carbonyl (C=O) groups is 2. The van der Waals surface area contributed by atoms with Gasteiger partial charge in [0.25, 0.3) is 11.8 Å². The normalized spacial score (nSPS) is 22.6. The van der Waals surface area contributed by atoms with E-state index in [4.69, 9.17) is 5.73 Å². The molecular formula is C20H22N2O2S. The summed E-state index contributed by atoms with van der Waals surface area (Å²) in [5, 5.41) is 1.92. The second kappa shape index (κ2) is 6.64. The van der Waals surface area contributed by atoms with Gasteiger partial charge in [-0.2, -0.15) is 0 Å². The third kappa shape index (κ3) is 3.33. The van der Waals surface area contributed by atoms with E-state index in [1.54, 1.807) is 6.07 Å². The number of piperidine rings is 1. The van der Waals surface area contributed by atoms with E-state index in [1.165, 1.54) is 37.0 Å². The molecule has 2 aromatic rings. The average Bonchev–Trinajstić information content (AvgIpc) is 3.11. The smallest absolute Gasteiger partial charge is 0.258 e. The highest BCUT2D eigenvalue weighted by molar-refractivity contribution is 7.12.